The van der Waals surface area contributed by atoms with Crippen molar-refractivity contribution in [2.45, 2.75) is 25.4 Å². The molecule has 2 aromatic heterocycles. The Kier molecular flexibility index (Phi) is 3.69. The van der Waals surface area contributed by atoms with Crippen molar-refractivity contribution >= 4 is 5.91 Å². The molecule has 0 aromatic carbocycles. The maximum atomic E-state index is 11.9. The SMILES string of the molecule is O=C(NCc1cccnc1)c1noc(C2CCCN2)n1. The number of rotatable bonds is 4. The van der Waals surface area contributed by atoms with Crippen LogP contribution in [0.1, 0.15) is 41.0 Å². The number of hydrogen-bond donors (Lipinski definition) is 2. The van der Waals surface area contributed by atoms with Crippen LogP contribution in [0.25, 0.3) is 0 Å². The minimum Gasteiger partial charge on any atom is -0.345 e. The van der Waals surface area contributed by atoms with E-state index < -0.39 is 0 Å². The smallest absolute Gasteiger partial charge is 0.292 e. The van der Waals surface area contributed by atoms with Gasteiger partial charge in [0.1, 0.15) is 0 Å². The molecule has 1 aliphatic heterocycles. The predicted octanol–water partition coefficient (Wildman–Crippen LogP) is 0.819. The first-order chi connectivity index (χ1) is 9.83. The van der Waals surface area contributed by atoms with Gasteiger partial charge < -0.3 is 15.2 Å². The molecule has 0 spiro atoms. The first kappa shape index (κ1) is 12.7. The minimum absolute atomic E-state index is 0.0672. The zero-order valence-corrected chi connectivity index (χ0v) is 10.9. The highest BCUT2D eigenvalue weighted by Crippen LogP contribution is 2.20. The van der Waals surface area contributed by atoms with Gasteiger partial charge in [0.05, 0.1) is 6.04 Å². The predicted molar refractivity (Wildman–Crippen MR) is 69.7 cm³/mol. The Morgan fingerprint density at radius 2 is 2.50 bits per heavy atom. The van der Waals surface area contributed by atoms with Crippen molar-refractivity contribution in [2.24, 2.45) is 0 Å². The van der Waals surface area contributed by atoms with Gasteiger partial charge >= 0.3 is 0 Å². The molecular weight excluding hydrogens is 258 g/mol. The van der Waals surface area contributed by atoms with Crippen LogP contribution >= 0.6 is 0 Å². The Morgan fingerprint density at radius 1 is 1.55 bits per heavy atom. The summed E-state index contributed by atoms with van der Waals surface area (Å²) in [6.07, 6.45) is 5.42. The largest absolute Gasteiger partial charge is 0.345 e. The van der Waals surface area contributed by atoms with Crippen LogP contribution in [0.5, 0.6) is 0 Å². The molecule has 104 valence electrons. The van der Waals surface area contributed by atoms with E-state index in [1.165, 1.54) is 0 Å². The molecule has 0 radical (unpaired) electrons. The van der Waals surface area contributed by atoms with E-state index in [1.807, 2.05) is 12.1 Å². The lowest BCUT2D eigenvalue weighted by Gasteiger charge is -2.02. The number of aromatic nitrogens is 3. The second kappa shape index (κ2) is 5.79. The Morgan fingerprint density at radius 3 is 3.25 bits per heavy atom. The highest BCUT2D eigenvalue weighted by Gasteiger charge is 2.24. The van der Waals surface area contributed by atoms with E-state index in [9.17, 15) is 4.79 Å². The van der Waals surface area contributed by atoms with Crippen molar-refractivity contribution in [1.82, 2.24) is 25.8 Å². The van der Waals surface area contributed by atoms with Gasteiger partial charge in [0, 0.05) is 18.9 Å². The normalized spacial score (nSPS) is 18.1. The number of nitrogens with one attached hydrogen (secondary N) is 2. The van der Waals surface area contributed by atoms with E-state index in [0.717, 1.165) is 24.9 Å². The van der Waals surface area contributed by atoms with Crippen LogP contribution in [-0.2, 0) is 6.54 Å². The summed E-state index contributed by atoms with van der Waals surface area (Å²) >= 11 is 0. The van der Waals surface area contributed by atoms with Gasteiger partial charge in [-0.1, -0.05) is 11.2 Å². The number of nitrogens with zero attached hydrogens (tertiary/aromatic N) is 3. The summed E-state index contributed by atoms with van der Waals surface area (Å²) in [7, 11) is 0. The molecule has 1 saturated heterocycles. The van der Waals surface area contributed by atoms with Crippen LogP contribution < -0.4 is 10.6 Å². The molecule has 2 aromatic rings. The fourth-order valence-corrected chi connectivity index (χ4v) is 2.13. The Balaban J connectivity index is 1.59. The molecule has 3 rings (SSSR count). The van der Waals surface area contributed by atoms with Crippen LogP contribution in [0.4, 0.5) is 0 Å². The van der Waals surface area contributed by atoms with Crippen molar-refractivity contribution in [1.29, 1.82) is 0 Å². The third-order valence-corrected chi connectivity index (χ3v) is 3.18. The molecule has 7 nitrogen and oxygen atoms in total. The van der Waals surface area contributed by atoms with E-state index in [4.69, 9.17) is 4.52 Å². The standard InChI is InChI=1S/C13H15N5O2/c19-12(16-8-9-3-1-5-14-7-9)11-17-13(20-18-11)10-4-2-6-15-10/h1,3,5,7,10,15H,2,4,6,8H2,(H,16,19). The molecule has 1 fully saturated rings. The molecule has 20 heavy (non-hydrogen) atoms. The van der Waals surface area contributed by atoms with E-state index >= 15 is 0 Å². The number of pyridine rings is 1. The van der Waals surface area contributed by atoms with Crippen LogP contribution in [-0.4, -0.2) is 27.6 Å². The van der Waals surface area contributed by atoms with Gasteiger partial charge in [0.15, 0.2) is 0 Å². The highest BCUT2D eigenvalue weighted by atomic mass is 16.5. The van der Waals surface area contributed by atoms with Gasteiger partial charge in [-0.25, -0.2) is 0 Å². The maximum Gasteiger partial charge on any atom is 0.292 e. The second-order valence-corrected chi connectivity index (χ2v) is 4.65. The van der Waals surface area contributed by atoms with Crippen molar-refractivity contribution in [2.75, 3.05) is 6.54 Å². The molecule has 3 heterocycles. The fourth-order valence-electron chi connectivity index (χ4n) is 2.13. The Bertz CT molecular complexity index is 577. The minimum atomic E-state index is -0.346. The van der Waals surface area contributed by atoms with Crippen molar-refractivity contribution in [3.8, 4) is 0 Å². The average Bonchev–Trinajstić information content (AvgIpc) is 3.16. The van der Waals surface area contributed by atoms with Crippen molar-refractivity contribution in [3.63, 3.8) is 0 Å². The van der Waals surface area contributed by atoms with E-state index in [1.54, 1.807) is 12.4 Å². The van der Waals surface area contributed by atoms with Crippen molar-refractivity contribution < 1.29 is 9.32 Å². The van der Waals surface area contributed by atoms with Gasteiger partial charge in [-0.2, -0.15) is 4.98 Å². The maximum absolute atomic E-state index is 11.9. The average molecular weight is 273 g/mol. The summed E-state index contributed by atoms with van der Waals surface area (Å²) < 4.78 is 5.12. The molecule has 0 saturated carbocycles. The highest BCUT2D eigenvalue weighted by molar-refractivity contribution is 5.90. The molecule has 1 atom stereocenters. The summed E-state index contributed by atoms with van der Waals surface area (Å²) in [6, 6.07) is 3.78. The first-order valence-corrected chi connectivity index (χ1v) is 6.57. The molecule has 0 bridgehead atoms. The molecule has 1 amide bonds. The van der Waals surface area contributed by atoms with Crippen LogP contribution in [0.15, 0.2) is 29.0 Å². The fraction of sp³-hybridized carbons (Fsp3) is 0.385. The van der Waals surface area contributed by atoms with Gasteiger partial charge in [-0.05, 0) is 31.0 Å². The molecular formula is C13H15N5O2. The molecule has 1 aliphatic rings. The molecule has 1 unspecified atom stereocenters. The van der Waals surface area contributed by atoms with Crippen molar-refractivity contribution in [3.05, 3.63) is 41.8 Å². The third kappa shape index (κ3) is 2.83. The summed E-state index contributed by atoms with van der Waals surface area (Å²) in [5.74, 6) is 0.202. The molecule has 0 aliphatic carbocycles. The number of hydrogen-bond acceptors (Lipinski definition) is 6. The van der Waals surface area contributed by atoms with Gasteiger partial charge in [0.2, 0.25) is 5.89 Å². The Hall–Kier alpha value is -2.28. The topological polar surface area (TPSA) is 92.9 Å². The van der Waals surface area contributed by atoms with Gasteiger partial charge in [-0.3, -0.25) is 9.78 Å². The van der Waals surface area contributed by atoms with E-state index in [2.05, 4.69) is 25.8 Å². The second-order valence-electron chi connectivity index (χ2n) is 4.65. The monoisotopic (exact) mass is 273 g/mol. The third-order valence-electron chi connectivity index (χ3n) is 3.18. The van der Waals surface area contributed by atoms with E-state index in [0.29, 0.717) is 12.4 Å². The zero-order valence-electron chi connectivity index (χ0n) is 10.9. The van der Waals surface area contributed by atoms with Gasteiger partial charge in [0.25, 0.3) is 11.7 Å². The zero-order chi connectivity index (χ0) is 13.8. The summed E-state index contributed by atoms with van der Waals surface area (Å²) in [5.41, 5.74) is 0.919. The quantitative estimate of drug-likeness (QED) is 0.856. The Labute approximate surface area is 115 Å². The molecule has 7 heteroatoms. The number of carbonyl (C=O) groups excluding carboxylic acids is 1. The lowest BCUT2D eigenvalue weighted by molar-refractivity contribution is 0.0937. The molecule has 2 N–H and O–H groups in total. The first-order valence-electron chi connectivity index (χ1n) is 6.57. The van der Waals surface area contributed by atoms with Gasteiger partial charge in [-0.15, -0.1) is 0 Å². The van der Waals surface area contributed by atoms with Crippen LogP contribution in [0.2, 0.25) is 0 Å². The summed E-state index contributed by atoms with van der Waals surface area (Å²) in [4.78, 5) is 20.0. The summed E-state index contributed by atoms with van der Waals surface area (Å²) in [5, 5.41) is 9.70. The van der Waals surface area contributed by atoms with E-state index in [-0.39, 0.29) is 17.8 Å². The number of amides is 1. The lowest BCUT2D eigenvalue weighted by atomic mass is 10.2. The number of carbonyl (C=O) groups is 1. The van der Waals surface area contributed by atoms with Crippen LogP contribution in [0.3, 0.4) is 0 Å². The van der Waals surface area contributed by atoms with Crippen LogP contribution in [0, 0.1) is 0 Å². The lowest BCUT2D eigenvalue weighted by Crippen LogP contribution is -2.24. The summed E-state index contributed by atoms with van der Waals surface area (Å²) in [6.45, 7) is 1.33.